The minimum Gasteiger partial charge on any atom is -0.479 e. The van der Waals surface area contributed by atoms with Crippen LogP contribution in [0.15, 0.2) is 36.7 Å². The Morgan fingerprint density at radius 1 is 1.45 bits per heavy atom. The number of hydrogen-bond donors (Lipinski definition) is 2. The molecule has 0 aliphatic carbocycles. The van der Waals surface area contributed by atoms with E-state index in [0.717, 1.165) is 15.9 Å². The molecule has 1 unspecified atom stereocenters. The third-order valence-electron chi connectivity index (χ3n) is 2.96. The van der Waals surface area contributed by atoms with E-state index in [0.29, 0.717) is 5.56 Å². The zero-order valence-corrected chi connectivity index (χ0v) is 11.5. The molecule has 6 nitrogen and oxygen atoms in total. The molecular formula is C13H12N4O2S. The van der Waals surface area contributed by atoms with E-state index in [-0.39, 0.29) is 0 Å². The van der Waals surface area contributed by atoms with Gasteiger partial charge in [0.25, 0.3) is 0 Å². The van der Waals surface area contributed by atoms with Crippen molar-refractivity contribution in [3.63, 3.8) is 0 Å². The normalized spacial score (nSPS) is 12.4. The minimum absolute atomic E-state index is 0.609. The van der Waals surface area contributed by atoms with Gasteiger partial charge in [0, 0.05) is 24.2 Å². The van der Waals surface area contributed by atoms with Crippen LogP contribution in [-0.2, 0) is 11.8 Å². The van der Waals surface area contributed by atoms with Gasteiger partial charge in [-0.25, -0.2) is 4.79 Å². The number of nitrogens with zero attached hydrogens (tertiary/aromatic N) is 3. The van der Waals surface area contributed by atoms with Crippen LogP contribution in [0, 0.1) is 0 Å². The van der Waals surface area contributed by atoms with E-state index in [2.05, 4.69) is 14.8 Å². The molecule has 102 valence electrons. The lowest BCUT2D eigenvalue weighted by Crippen LogP contribution is -2.19. The second-order valence-corrected chi connectivity index (χ2v) is 5.17. The van der Waals surface area contributed by atoms with E-state index in [9.17, 15) is 9.90 Å². The summed E-state index contributed by atoms with van der Waals surface area (Å²) in [6.45, 7) is 0. The number of aliphatic carboxylic acids is 1. The van der Waals surface area contributed by atoms with Crippen molar-refractivity contribution in [2.24, 2.45) is 7.05 Å². The first kappa shape index (κ1) is 12.6. The van der Waals surface area contributed by atoms with Gasteiger partial charge in [0.2, 0.25) is 0 Å². The maximum absolute atomic E-state index is 11.5. The van der Waals surface area contributed by atoms with Crippen molar-refractivity contribution >= 4 is 33.4 Å². The lowest BCUT2D eigenvalue weighted by molar-refractivity contribution is -0.138. The second-order valence-electron chi connectivity index (χ2n) is 4.39. The number of aryl methyl sites for hydroxylation is 1. The molecule has 0 bridgehead atoms. The molecule has 0 saturated heterocycles. The van der Waals surface area contributed by atoms with Gasteiger partial charge >= 0.3 is 5.97 Å². The Morgan fingerprint density at radius 2 is 2.25 bits per heavy atom. The average Bonchev–Trinajstić information content (AvgIpc) is 3.02. The SMILES string of the molecule is Cn1cc(C(Nc2snc3ccccc23)C(=O)O)cn1. The molecule has 0 aliphatic rings. The highest BCUT2D eigenvalue weighted by Crippen LogP contribution is 2.30. The quantitative estimate of drug-likeness (QED) is 0.769. The molecule has 0 saturated carbocycles. The molecule has 2 heterocycles. The summed E-state index contributed by atoms with van der Waals surface area (Å²) in [5.41, 5.74) is 1.47. The van der Waals surface area contributed by atoms with Crippen LogP contribution >= 0.6 is 11.5 Å². The van der Waals surface area contributed by atoms with Gasteiger partial charge in [-0.1, -0.05) is 12.1 Å². The van der Waals surface area contributed by atoms with Crippen LogP contribution < -0.4 is 5.32 Å². The molecule has 1 atom stereocenters. The molecule has 20 heavy (non-hydrogen) atoms. The minimum atomic E-state index is -0.949. The highest BCUT2D eigenvalue weighted by molar-refractivity contribution is 7.11. The number of benzene rings is 1. The second kappa shape index (κ2) is 4.93. The molecule has 0 fully saturated rings. The molecule has 0 radical (unpaired) electrons. The van der Waals surface area contributed by atoms with E-state index in [1.54, 1.807) is 24.1 Å². The molecule has 1 aromatic carbocycles. The number of fused-ring (bicyclic) bond motifs is 1. The monoisotopic (exact) mass is 288 g/mol. The Balaban J connectivity index is 1.96. The predicted molar refractivity (Wildman–Crippen MR) is 76.8 cm³/mol. The number of rotatable bonds is 4. The molecule has 0 amide bonds. The summed E-state index contributed by atoms with van der Waals surface area (Å²) >= 11 is 1.26. The maximum atomic E-state index is 11.5. The van der Waals surface area contributed by atoms with Crippen LogP contribution in [0.2, 0.25) is 0 Å². The lowest BCUT2D eigenvalue weighted by Gasteiger charge is -2.12. The number of carbonyl (C=O) groups is 1. The molecule has 7 heteroatoms. The fourth-order valence-corrected chi connectivity index (χ4v) is 2.79. The third kappa shape index (κ3) is 2.23. The largest absolute Gasteiger partial charge is 0.479 e. The van der Waals surface area contributed by atoms with Gasteiger partial charge in [0.05, 0.1) is 11.7 Å². The number of aromatic nitrogens is 3. The smallest absolute Gasteiger partial charge is 0.330 e. The molecular weight excluding hydrogens is 276 g/mol. The first-order valence-electron chi connectivity index (χ1n) is 5.97. The molecule has 3 aromatic rings. The molecule has 3 rings (SSSR count). The van der Waals surface area contributed by atoms with Crippen LogP contribution in [0.1, 0.15) is 11.6 Å². The van der Waals surface area contributed by atoms with E-state index in [4.69, 9.17) is 0 Å². The Morgan fingerprint density at radius 3 is 2.95 bits per heavy atom. The summed E-state index contributed by atoms with van der Waals surface area (Å²) in [7, 11) is 1.75. The number of carboxylic acids is 1. The van der Waals surface area contributed by atoms with Crippen molar-refractivity contribution in [1.82, 2.24) is 14.2 Å². The summed E-state index contributed by atoms with van der Waals surface area (Å²) in [5, 5.41) is 18.1. The van der Waals surface area contributed by atoms with Gasteiger partial charge in [-0.3, -0.25) is 4.68 Å². The summed E-state index contributed by atoms with van der Waals surface area (Å²) in [5.74, 6) is -0.949. The van der Waals surface area contributed by atoms with E-state index in [1.165, 1.54) is 11.5 Å². The average molecular weight is 288 g/mol. The number of carboxylic acid groups (broad SMARTS) is 1. The number of hydrogen-bond acceptors (Lipinski definition) is 5. The van der Waals surface area contributed by atoms with Gasteiger partial charge < -0.3 is 10.4 Å². The third-order valence-corrected chi connectivity index (χ3v) is 3.77. The Kier molecular flexibility index (Phi) is 3.11. The zero-order chi connectivity index (χ0) is 14.1. The highest BCUT2D eigenvalue weighted by Gasteiger charge is 2.22. The predicted octanol–water partition coefficient (Wildman–Crippen LogP) is 2.27. The summed E-state index contributed by atoms with van der Waals surface area (Å²) in [4.78, 5) is 11.5. The summed E-state index contributed by atoms with van der Waals surface area (Å²) in [6, 6.07) is 6.79. The van der Waals surface area contributed by atoms with E-state index < -0.39 is 12.0 Å². The maximum Gasteiger partial charge on any atom is 0.330 e. The van der Waals surface area contributed by atoms with Crippen LogP contribution in [0.4, 0.5) is 5.00 Å². The van der Waals surface area contributed by atoms with Gasteiger partial charge in [0.1, 0.15) is 5.00 Å². The van der Waals surface area contributed by atoms with Crippen molar-refractivity contribution in [1.29, 1.82) is 0 Å². The fourth-order valence-electron chi connectivity index (χ4n) is 2.00. The summed E-state index contributed by atoms with van der Waals surface area (Å²) < 4.78 is 5.88. The van der Waals surface area contributed by atoms with Crippen LogP contribution in [-0.4, -0.2) is 25.2 Å². The molecule has 0 aliphatic heterocycles. The van der Waals surface area contributed by atoms with Gasteiger partial charge in [0.15, 0.2) is 6.04 Å². The molecule has 2 N–H and O–H groups in total. The topological polar surface area (TPSA) is 80.0 Å². The number of anilines is 1. The highest BCUT2D eigenvalue weighted by atomic mass is 32.1. The van der Waals surface area contributed by atoms with E-state index in [1.807, 2.05) is 24.3 Å². The van der Waals surface area contributed by atoms with Crippen molar-refractivity contribution < 1.29 is 9.90 Å². The fraction of sp³-hybridized carbons (Fsp3) is 0.154. The zero-order valence-electron chi connectivity index (χ0n) is 10.6. The van der Waals surface area contributed by atoms with Crippen molar-refractivity contribution in [2.45, 2.75) is 6.04 Å². The van der Waals surface area contributed by atoms with Crippen molar-refractivity contribution in [2.75, 3.05) is 5.32 Å². The molecule has 2 aromatic heterocycles. The number of nitrogens with one attached hydrogen (secondary N) is 1. The Labute approximate surface area is 118 Å². The van der Waals surface area contributed by atoms with Gasteiger partial charge in [-0.2, -0.15) is 9.47 Å². The van der Waals surface area contributed by atoms with Gasteiger partial charge in [-0.15, -0.1) is 0 Å². The summed E-state index contributed by atoms with van der Waals surface area (Å²) in [6.07, 6.45) is 3.24. The Bertz CT molecular complexity index is 764. The van der Waals surface area contributed by atoms with Crippen LogP contribution in [0.5, 0.6) is 0 Å². The first-order chi connectivity index (χ1) is 9.65. The van der Waals surface area contributed by atoms with Crippen LogP contribution in [0.25, 0.3) is 10.9 Å². The van der Waals surface area contributed by atoms with Crippen molar-refractivity contribution in [3.05, 3.63) is 42.2 Å². The molecule has 0 spiro atoms. The van der Waals surface area contributed by atoms with E-state index >= 15 is 0 Å². The Hall–Kier alpha value is -2.41. The van der Waals surface area contributed by atoms with Crippen LogP contribution in [0.3, 0.4) is 0 Å². The van der Waals surface area contributed by atoms with Crippen molar-refractivity contribution in [3.8, 4) is 0 Å². The lowest BCUT2D eigenvalue weighted by atomic mass is 10.1. The van der Waals surface area contributed by atoms with Gasteiger partial charge in [-0.05, 0) is 23.7 Å². The standard InChI is InChI=1S/C13H12N4O2S/c1-17-7-8(6-14-17)11(13(18)19)15-12-9-4-2-3-5-10(9)16-20-12/h2-7,11,15H,1H3,(H,18,19). The first-order valence-corrected chi connectivity index (χ1v) is 6.75.